The zero-order chi connectivity index (χ0) is 23.2. The number of unbranched alkanes of at least 4 members (excludes halogenated alkanes) is 15. The Bertz CT molecular complexity index is 373. The molecule has 0 aliphatic rings. The zero-order valence-corrected chi connectivity index (χ0v) is 21.7. The highest BCUT2D eigenvalue weighted by Crippen LogP contribution is 2.13. The quantitative estimate of drug-likeness (QED) is 0.0767. The molecular formula is C27H52O4S. The van der Waals surface area contributed by atoms with Crippen molar-refractivity contribution in [1.82, 2.24) is 0 Å². The van der Waals surface area contributed by atoms with Crippen LogP contribution in [0.1, 0.15) is 103 Å². The molecule has 0 heterocycles. The van der Waals surface area contributed by atoms with E-state index in [0.717, 1.165) is 18.8 Å². The average Bonchev–Trinajstić information content (AvgIpc) is 2.81. The summed E-state index contributed by atoms with van der Waals surface area (Å²) in [7, 11) is 0. The van der Waals surface area contributed by atoms with Crippen molar-refractivity contribution < 1.29 is 18.9 Å². The first-order chi connectivity index (χ1) is 15.9. The Kier molecular flexibility index (Phi) is 30.5. The molecule has 0 unspecified atom stereocenters. The first kappa shape index (κ1) is 31.8. The van der Waals surface area contributed by atoms with Crippen molar-refractivity contribution in [3.8, 4) is 12.3 Å². The van der Waals surface area contributed by atoms with E-state index in [4.69, 9.17) is 25.4 Å². The molecule has 0 bridgehead atoms. The third kappa shape index (κ3) is 29.8. The van der Waals surface area contributed by atoms with E-state index in [1.54, 1.807) is 0 Å². The number of rotatable bonds is 28. The summed E-state index contributed by atoms with van der Waals surface area (Å²) >= 11 is 4.26. The second kappa shape index (κ2) is 30.8. The molecule has 0 aromatic carbocycles. The van der Waals surface area contributed by atoms with E-state index in [9.17, 15) is 0 Å². The molecule has 0 aliphatic heterocycles. The van der Waals surface area contributed by atoms with Crippen molar-refractivity contribution in [1.29, 1.82) is 0 Å². The summed E-state index contributed by atoms with van der Waals surface area (Å²) in [6.45, 7) is 4.75. The predicted octanol–water partition coefficient (Wildman–Crippen LogP) is 6.86. The van der Waals surface area contributed by atoms with Crippen molar-refractivity contribution in [2.24, 2.45) is 0 Å². The van der Waals surface area contributed by atoms with E-state index in [0.29, 0.717) is 46.2 Å². The largest absolute Gasteiger partial charge is 0.379 e. The van der Waals surface area contributed by atoms with Gasteiger partial charge >= 0.3 is 0 Å². The lowest BCUT2D eigenvalue weighted by Crippen LogP contribution is -2.12. The molecule has 0 atom stereocenters. The van der Waals surface area contributed by atoms with Crippen LogP contribution < -0.4 is 0 Å². The zero-order valence-electron chi connectivity index (χ0n) is 20.8. The van der Waals surface area contributed by atoms with E-state index >= 15 is 0 Å². The van der Waals surface area contributed by atoms with E-state index in [-0.39, 0.29) is 0 Å². The van der Waals surface area contributed by atoms with Gasteiger partial charge in [0.05, 0.1) is 39.6 Å². The summed E-state index contributed by atoms with van der Waals surface area (Å²) in [5.41, 5.74) is 0. The van der Waals surface area contributed by atoms with Crippen LogP contribution in [-0.4, -0.2) is 58.6 Å². The first-order valence-electron chi connectivity index (χ1n) is 13.3. The molecule has 0 radical (unpaired) electrons. The van der Waals surface area contributed by atoms with Gasteiger partial charge < -0.3 is 18.9 Å². The van der Waals surface area contributed by atoms with Crippen molar-refractivity contribution in [3.63, 3.8) is 0 Å². The number of thiol groups is 1. The molecular weight excluding hydrogens is 420 g/mol. The second-order valence-electron chi connectivity index (χ2n) is 8.47. The normalized spacial score (nSPS) is 11.1. The molecule has 0 amide bonds. The second-order valence-corrected chi connectivity index (χ2v) is 8.92. The van der Waals surface area contributed by atoms with Crippen LogP contribution in [0.5, 0.6) is 0 Å². The first-order valence-corrected chi connectivity index (χ1v) is 13.9. The fourth-order valence-electron chi connectivity index (χ4n) is 3.58. The van der Waals surface area contributed by atoms with Crippen molar-refractivity contribution >= 4 is 12.6 Å². The third-order valence-electron chi connectivity index (χ3n) is 5.50. The highest BCUT2D eigenvalue weighted by Gasteiger charge is 1.96. The molecule has 0 aromatic rings. The van der Waals surface area contributed by atoms with Crippen molar-refractivity contribution in [2.45, 2.75) is 103 Å². The van der Waals surface area contributed by atoms with E-state index < -0.39 is 0 Å². The van der Waals surface area contributed by atoms with Gasteiger partial charge in [0.2, 0.25) is 0 Å². The van der Waals surface area contributed by atoms with E-state index in [2.05, 4.69) is 18.5 Å². The van der Waals surface area contributed by atoms with Gasteiger partial charge in [-0.05, 0) is 18.6 Å². The number of terminal acetylenes is 1. The number of ether oxygens (including phenoxy) is 4. The van der Waals surface area contributed by atoms with Gasteiger partial charge in [-0.3, -0.25) is 0 Å². The maximum atomic E-state index is 5.62. The molecule has 0 saturated heterocycles. The lowest BCUT2D eigenvalue weighted by atomic mass is 10.0. The van der Waals surface area contributed by atoms with Crippen LogP contribution in [0.15, 0.2) is 0 Å². The summed E-state index contributed by atoms with van der Waals surface area (Å²) in [4.78, 5) is 0. The lowest BCUT2D eigenvalue weighted by Gasteiger charge is -2.07. The Labute approximate surface area is 205 Å². The van der Waals surface area contributed by atoms with Gasteiger partial charge in [-0.2, -0.15) is 12.6 Å². The van der Waals surface area contributed by atoms with Gasteiger partial charge in [-0.25, -0.2) is 0 Å². The monoisotopic (exact) mass is 472 g/mol. The van der Waals surface area contributed by atoms with Gasteiger partial charge in [-0.15, -0.1) is 6.42 Å². The fourth-order valence-corrected chi connectivity index (χ4v) is 3.81. The van der Waals surface area contributed by atoms with Gasteiger partial charge in [0, 0.05) is 6.61 Å². The number of hydrogen-bond donors (Lipinski definition) is 1. The van der Waals surface area contributed by atoms with Crippen LogP contribution in [0.2, 0.25) is 0 Å². The molecule has 0 rings (SSSR count). The summed E-state index contributed by atoms with van der Waals surface area (Å²) in [6, 6.07) is 0. The molecule has 0 aliphatic carbocycles. The molecule has 4 nitrogen and oxygen atoms in total. The smallest absolute Gasteiger partial charge is 0.107 e. The van der Waals surface area contributed by atoms with Crippen LogP contribution in [-0.2, 0) is 18.9 Å². The van der Waals surface area contributed by atoms with Crippen LogP contribution in [0.3, 0.4) is 0 Å². The molecule has 190 valence electrons. The van der Waals surface area contributed by atoms with Gasteiger partial charge in [0.25, 0.3) is 0 Å². The molecule has 0 spiro atoms. The molecule has 0 fully saturated rings. The Hall–Kier alpha value is -0.250. The maximum Gasteiger partial charge on any atom is 0.107 e. The summed E-state index contributed by atoms with van der Waals surface area (Å²) in [6.07, 6.45) is 27.2. The summed E-state index contributed by atoms with van der Waals surface area (Å²) < 4.78 is 21.6. The minimum Gasteiger partial charge on any atom is -0.379 e. The highest BCUT2D eigenvalue weighted by molar-refractivity contribution is 7.80. The Balaban J connectivity index is 2.99. The van der Waals surface area contributed by atoms with Crippen LogP contribution in [0.4, 0.5) is 0 Å². The average molecular weight is 473 g/mol. The number of hydrogen-bond acceptors (Lipinski definition) is 5. The molecule has 0 N–H and O–H groups in total. The SMILES string of the molecule is C#CCOCCOCCOCCOCCCCCCCCCCCCCCCCCCS. The van der Waals surface area contributed by atoms with Crippen LogP contribution in [0.25, 0.3) is 0 Å². The maximum absolute atomic E-state index is 5.62. The van der Waals surface area contributed by atoms with E-state index in [1.807, 2.05) is 0 Å². The molecule has 0 aromatic heterocycles. The van der Waals surface area contributed by atoms with Gasteiger partial charge in [0.15, 0.2) is 0 Å². The topological polar surface area (TPSA) is 36.9 Å². The van der Waals surface area contributed by atoms with Gasteiger partial charge in [0.1, 0.15) is 6.61 Å². The standard InChI is InChI=1S/C27H52O4S/c1-2-19-28-21-23-30-25-26-31-24-22-29-20-17-15-13-11-9-7-5-3-4-6-8-10-12-14-16-18-27-32/h1,32H,3-27H2. The third-order valence-corrected chi connectivity index (χ3v) is 5.81. The predicted molar refractivity (Wildman–Crippen MR) is 140 cm³/mol. The summed E-state index contributed by atoms with van der Waals surface area (Å²) in [5.74, 6) is 3.47. The summed E-state index contributed by atoms with van der Waals surface area (Å²) in [5, 5.41) is 0. The molecule has 32 heavy (non-hydrogen) atoms. The Morgan fingerprint density at radius 3 is 1.09 bits per heavy atom. The molecule has 5 heteroatoms. The molecule has 0 saturated carbocycles. The minimum absolute atomic E-state index is 0.343. The van der Waals surface area contributed by atoms with E-state index in [1.165, 1.54) is 96.3 Å². The fraction of sp³-hybridized carbons (Fsp3) is 0.926. The Morgan fingerprint density at radius 2 is 0.719 bits per heavy atom. The van der Waals surface area contributed by atoms with Crippen molar-refractivity contribution in [2.75, 3.05) is 58.6 Å². The van der Waals surface area contributed by atoms with Crippen molar-refractivity contribution in [3.05, 3.63) is 0 Å². The lowest BCUT2D eigenvalue weighted by molar-refractivity contribution is 0.000914. The Morgan fingerprint density at radius 1 is 0.406 bits per heavy atom. The van der Waals surface area contributed by atoms with Gasteiger partial charge in [-0.1, -0.05) is 95.8 Å². The van der Waals surface area contributed by atoms with Crippen LogP contribution in [0, 0.1) is 12.3 Å². The minimum atomic E-state index is 0.343. The van der Waals surface area contributed by atoms with Crippen LogP contribution >= 0.6 is 12.6 Å². The highest BCUT2D eigenvalue weighted by atomic mass is 32.1.